The standard InChI is InChI=1S/C17H28O2/c1-5-8-16(19-6-2)17(18)15-10-7-9-14(12-15)11-13(3)4/h7,9-10,12-13,16-18H,5-6,8,11H2,1-4H3. The second-order valence-electron chi connectivity index (χ2n) is 5.57. The zero-order valence-corrected chi connectivity index (χ0v) is 12.7. The molecule has 2 unspecified atom stereocenters. The van der Waals surface area contributed by atoms with Gasteiger partial charge in [-0.3, -0.25) is 0 Å². The Bertz CT molecular complexity index is 354. The summed E-state index contributed by atoms with van der Waals surface area (Å²) in [5.74, 6) is 0.630. The highest BCUT2D eigenvalue weighted by Crippen LogP contribution is 2.24. The van der Waals surface area contributed by atoms with E-state index in [0.717, 1.165) is 24.8 Å². The maximum atomic E-state index is 10.5. The van der Waals surface area contributed by atoms with Gasteiger partial charge in [-0.15, -0.1) is 0 Å². The summed E-state index contributed by atoms with van der Waals surface area (Å²) in [4.78, 5) is 0. The van der Waals surface area contributed by atoms with Crippen molar-refractivity contribution in [1.82, 2.24) is 0 Å². The summed E-state index contributed by atoms with van der Waals surface area (Å²) in [6.45, 7) is 9.16. The Hall–Kier alpha value is -0.860. The van der Waals surface area contributed by atoms with Crippen molar-refractivity contribution in [3.63, 3.8) is 0 Å². The Morgan fingerprint density at radius 2 is 1.95 bits per heavy atom. The van der Waals surface area contributed by atoms with E-state index in [0.29, 0.717) is 12.5 Å². The first-order chi connectivity index (χ1) is 9.08. The Kier molecular flexibility index (Phi) is 7.11. The molecule has 0 bridgehead atoms. The van der Waals surface area contributed by atoms with Crippen molar-refractivity contribution in [1.29, 1.82) is 0 Å². The fourth-order valence-corrected chi connectivity index (χ4v) is 2.42. The van der Waals surface area contributed by atoms with Gasteiger partial charge in [-0.2, -0.15) is 0 Å². The van der Waals surface area contributed by atoms with Gasteiger partial charge < -0.3 is 9.84 Å². The van der Waals surface area contributed by atoms with E-state index in [1.807, 2.05) is 19.1 Å². The SMILES string of the molecule is CCCC(OCC)C(O)c1cccc(CC(C)C)c1. The van der Waals surface area contributed by atoms with Crippen LogP contribution in [0.15, 0.2) is 24.3 Å². The van der Waals surface area contributed by atoms with E-state index >= 15 is 0 Å². The third-order valence-corrected chi connectivity index (χ3v) is 3.24. The van der Waals surface area contributed by atoms with E-state index < -0.39 is 6.10 Å². The molecule has 108 valence electrons. The largest absolute Gasteiger partial charge is 0.386 e. The van der Waals surface area contributed by atoms with Crippen LogP contribution in [0, 0.1) is 5.92 Å². The van der Waals surface area contributed by atoms with Crippen molar-refractivity contribution >= 4 is 0 Å². The summed E-state index contributed by atoms with van der Waals surface area (Å²) in [6.07, 6.45) is 2.35. The Labute approximate surface area is 117 Å². The zero-order chi connectivity index (χ0) is 14.3. The summed E-state index contributed by atoms with van der Waals surface area (Å²) in [5, 5.41) is 10.5. The molecule has 19 heavy (non-hydrogen) atoms. The maximum absolute atomic E-state index is 10.5. The first-order valence-corrected chi connectivity index (χ1v) is 7.46. The topological polar surface area (TPSA) is 29.5 Å². The number of ether oxygens (including phenoxy) is 1. The fourth-order valence-electron chi connectivity index (χ4n) is 2.42. The molecular weight excluding hydrogens is 236 g/mol. The molecule has 0 aliphatic heterocycles. The van der Waals surface area contributed by atoms with Crippen molar-refractivity contribution in [2.24, 2.45) is 5.92 Å². The number of benzene rings is 1. The van der Waals surface area contributed by atoms with Crippen molar-refractivity contribution in [3.05, 3.63) is 35.4 Å². The van der Waals surface area contributed by atoms with Crippen molar-refractivity contribution in [2.75, 3.05) is 6.61 Å². The minimum atomic E-state index is -0.521. The molecule has 0 saturated heterocycles. The van der Waals surface area contributed by atoms with Crippen LogP contribution in [0.25, 0.3) is 0 Å². The van der Waals surface area contributed by atoms with E-state index in [9.17, 15) is 5.11 Å². The van der Waals surface area contributed by atoms with E-state index in [2.05, 4.69) is 32.9 Å². The van der Waals surface area contributed by atoms with Crippen LogP contribution in [0.3, 0.4) is 0 Å². The van der Waals surface area contributed by atoms with Crippen molar-refractivity contribution in [2.45, 2.75) is 59.2 Å². The van der Waals surface area contributed by atoms with Crippen LogP contribution in [0.5, 0.6) is 0 Å². The highest BCUT2D eigenvalue weighted by molar-refractivity contribution is 5.26. The Morgan fingerprint density at radius 3 is 2.53 bits per heavy atom. The van der Waals surface area contributed by atoms with Gasteiger partial charge in [0.25, 0.3) is 0 Å². The van der Waals surface area contributed by atoms with Gasteiger partial charge in [-0.05, 0) is 36.8 Å². The zero-order valence-electron chi connectivity index (χ0n) is 12.7. The van der Waals surface area contributed by atoms with Crippen LogP contribution in [0.4, 0.5) is 0 Å². The molecule has 2 atom stereocenters. The fraction of sp³-hybridized carbons (Fsp3) is 0.647. The smallest absolute Gasteiger partial charge is 0.105 e. The lowest BCUT2D eigenvalue weighted by molar-refractivity contribution is -0.0385. The van der Waals surface area contributed by atoms with E-state index in [-0.39, 0.29) is 6.10 Å². The third-order valence-electron chi connectivity index (χ3n) is 3.24. The number of aliphatic hydroxyl groups is 1. The molecule has 2 heteroatoms. The summed E-state index contributed by atoms with van der Waals surface area (Å²) < 4.78 is 5.67. The highest BCUT2D eigenvalue weighted by Gasteiger charge is 2.20. The lowest BCUT2D eigenvalue weighted by Gasteiger charge is -2.23. The molecule has 2 nitrogen and oxygen atoms in total. The van der Waals surface area contributed by atoms with Crippen LogP contribution in [0.2, 0.25) is 0 Å². The van der Waals surface area contributed by atoms with Crippen LogP contribution in [0.1, 0.15) is 57.8 Å². The van der Waals surface area contributed by atoms with E-state index in [4.69, 9.17) is 4.74 Å². The molecule has 1 rings (SSSR count). The summed E-state index contributed by atoms with van der Waals surface area (Å²) in [6, 6.07) is 8.28. The number of rotatable bonds is 8. The van der Waals surface area contributed by atoms with Gasteiger partial charge in [0, 0.05) is 6.61 Å². The molecular formula is C17H28O2. The number of hydrogen-bond donors (Lipinski definition) is 1. The van der Waals surface area contributed by atoms with Crippen molar-refractivity contribution < 1.29 is 9.84 Å². The predicted molar refractivity (Wildman–Crippen MR) is 80.3 cm³/mol. The van der Waals surface area contributed by atoms with Gasteiger partial charge in [0.15, 0.2) is 0 Å². The van der Waals surface area contributed by atoms with Gasteiger partial charge in [0.05, 0.1) is 6.10 Å². The first kappa shape index (κ1) is 16.2. The molecule has 1 N–H and O–H groups in total. The quantitative estimate of drug-likeness (QED) is 0.765. The minimum Gasteiger partial charge on any atom is -0.386 e. The summed E-state index contributed by atoms with van der Waals surface area (Å²) in [5.41, 5.74) is 2.27. The predicted octanol–water partition coefficient (Wildman–Crippen LogP) is 4.12. The lowest BCUT2D eigenvalue weighted by Crippen LogP contribution is -2.22. The van der Waals surface area contributed by atoms with Crippen LogP contribution < -0.4 is 0 Å². The van der Waals surface area contributed by atoms with Crippen LogP contribution in [-0.4, -0.2) is 17.8 Å². The molecule has 0 fully saturated rings. The van der Waals surface area contributed by atoms with E-state index in [1.165, 1.54) is 5.56 Å². The van der Waals surface area contributed by atoms with Gasteiger partial charge in [-0.25, -0.2) is 0 Å². The summed E-state index contributed by atoms with van der Waals surface area (Å²) >= 11 is 0. The average Bonchev–Trinajstić information content (AvgIpc) is 2.37. The molecule has 0 aliphatic rings. The molecule has 0 aliphatic carbocycles. The van der Waals surface area contributed by atoms with Crippen molar-refractivity contribution in [3.8, 4) is 0 Å². The average molecular weight is 264 g/mol. The molecule has 0 aromatic heterocycles. The third kappa shape index (κ3) is 5.33. The second kappa shape index (κ2) is 8.34. The molecule has 0 heterocycles. The lowest BCUT2D eigenvalue weighted by atomic mass is 9.96. The molecule has 0 saturated carbocycles. The van der Waals surface area contributed by atoms with Crippen LogP contribution >= 0.6 is 0 Å². The van der Waals surface area contributed by atoms with Crippen LogP contribution in [-0.2, 0) is 11.2 Å². The molecule has 1 aromatic rings. The Balaban J connectivity index is 2.81. The minimum absolute atomic E-state index is 0.0932. The maximum Gasteiger partial charge on any atom is 0.105 e. The monoisotopic (exact) mass is 264 g/mol. The summed E-state index contributed by atoms with van der Waals surface area (Å²) in [7, 11) is 0. The van der Waals surface area contributed by atoms with Gasteiger partial charge in [0.1, 0.15) is 6.10 Å². The number of hydrogen-bond acceptors (Lipinski definition) is 2. The normalized spacial score (nSPS) is 14.6. The second-order valence-corrected chi connectivity index (χ2v) is 5.57. The number of aliphatic hydroxyl groups excluding tert-OH is 1. The molecule has 1 aromatic carbocycles. The first-order valence-electron chi connectivity index (χ1n) is 7.46. The molecule has 0 amide bonds. The highest BCUT2D eigenvalue weighted by atomic mass is 16.5. The molecule has 0 radical (unpaired) electrons. The van der Waals surface area contributed by atoms with Gasteiger partial charge in [-0.1, -0.05) is 51.5 Å². The van der Waals surface area contributed by atoms with E-state index in [1.54, 1.807) is 0 Å². The van der Waals surface area contributed by atoms with Gasteiger partial charge >= 0.3 is 0 Å². The Morgan fingerprint density at radius 1 is 1.21 bits per heavy atom. The molecule has 0 spiro atoms. The van der Waals surface area contributed by atoms with Gasteiger partial charge in [0.2, 0.25) is 0 Å².